The summed E-state index contributed by atoms with van der Waals surface area (Å²) in [4.78, 5) is 25.2. The Morgan fingerprint density at radius 1 is 0.833 bits per heavy atom. The van der Waals surface area contributed by atoms with Gasteiger partial charge in [-0.1, -0.05) is 72.8 Å². The van der Waals surface area contributed by atoms with E-state index in [2.05, 4.69) is 5.32 Å². The molecule has 152 valence electrons. The molecular weight excluding hydrogens is 400 g/mol. The van der Waals surface area contributed by atoms with E-state index < -0.39 is 15.9 Å². The van der Waals surface area contributed by atoms with Crippen molar-refractivity contribution in [3.05, 3.63) is 102 Å². The maximum Gasteiger partial charge on any atom is 0.269 e. The third kappa shape index (κ3) is 3.71. The van der Waals surface area contributed by atoms with Crippen LogP contribution in [0.25, 0.3) is 0 Å². The average molecular weight is 420 g/mol. The zero-order chi connectivity index (χ0) is 21.1. The van der Waals surface area contributed by atoms with Gasteiger partial charge in [0.2, 0.25) is 5.91 Å². The number of hydrogen-bond acceptors (Lipinski definition) is 4. The van der Waals surface area contributed by atoms with Crippen LogP contribution in [0.4, 0.5) is 0 Å². The van der Waals surface area contributed by atoms with Crippen molar-refractivity contribution >= 4 is 21.8 Å². The lowest BCUT2D eigenvalue weighted by molar-refractivity contribution is -0.121. The predicted octanol–water partition coefficient (Wildman–Crippen LogP) is 3.13. The van der Waals surface area contributed by atoms with Crippen LogP contribution in [0.15, 0.2) is 89.8 Å². The summed E-state index contributed by atoms with van der Waals surface area (Å²) in [5.41, 5.74) is 1.97. The van der Waals surface area contributed by atoms with Gasteiger partial charge in [-0.3, -0.25) is 9.59 Å². The van der Waals surface area contributed by atoms with Gasteiger partial charge in [0.05, 0.1) is 11.6 Å². The second-order valence-electron chi connectivity index (χ2n) is 6.95. The first kappa shape index (κ1) is 19.8. The summed E-state index contributed by atoms with van der Waals surface area (Å²) in [6.07, 6.45) is -0.130. The van der Waals surface area contributed by atoms with Crippen LogP contribution in [0.1, 0.15) is 33.9 Å². The first-order chi connectivity index (χ1) is 14.5. The lowest BCUT2D eigenvalue weighted by Gasteiger charge is -2.21. The van der Waals surface area contributed by atoms with E-state index in [1.807, 2.05) is 60.7 Å². The van der Waals surface area contributed by atoms with Gasteiger partial charge in [-0.15, -0.1) is 0 Å². The predicted molar refractivity (Wildman–Crippen MR) is 112 cm³/mol. The number of carbonyl (C=O) groups is 2. The molecular formula is C23H20N2O4S. The minimum atomic E-state index is -3.92. The summed E-state index contributed by atoms with van der Waals surface area (Å²) in [6.45, 7) is -0.210. The number of fused-ring (bicyclic) bond motifs is 1. The molecule has 0 saturated heterocycles. The van der Waals surface area contributed by atoms with Gasteiger partial charge in [0.1, 0.15) is 4.90 Å². The molecule has 3 aromatic carbocycles. The van der Waals surface area contributed by atoms with Gasteiger partial charge in [0.25, 0.3) is 15.9 Å². The number of rotatable bonds is 6. The Morgan fingerprint density at radius 3 is 1.93 bits per heavy atom. The Morgan fingerprint density at radius 2 is 1.37 bits per heavy atom. The third-order valence-electron chi connectivity index (χ3n) is 5.03. The van der Waals surface area contributed by atoms with Crippen LogP contribution in [0, 0.1) is 0 Å². The van der Waals surface area contributed by atoms with Crippen LogP contribution in [0.3, 0.4) is 0 Å². The van der Waals surface area contributed by atoms with Gasteiger partial charge in [0, 0.05) is 13.0 Å². The van der Waals surface area contributed by atoms with Gasteiger partial charge in [0.15, 0.2) is 0 Å². The van der Waals surface area contributed by atoms with E-state index in [9.17, 15) is 18.0 Å². The van der Waals surface area contributed by atoms with Crippen molar-refractivity contribution in [3.63, 3.8) is 0 Å². The minimum Gasteiger partial charge on any atom is -0.345 e. The van der Waals surface area contributed by atoms with Crippen molar-refractivity contribution < 1.29 is 18.0 Å². The number of sulfonamides is 1. The molecule has 1 aliphatic heterocycles. The number of hydrogen-bond donors (Lipinski definition) is 1. The van der Waals surface area contributed by atoms with E-state index in [0.717, 1.165) is 15.4 Å². The Bertz CT molecular complexity index is 1140. The molecule has 6 nitrogen and oxygen atoms in total. The number of nitrogens with one attached hydrogen (secondary N) is 1. The SMILES string of the molecule is O=C(CCN1C(=O)c2ccccc2S1(=O)=O)NC(c1ccccc1)c1ccccc1. The molecule has 30 heavy (non-hydrogen) atoms. The van der Waals surface area contributed by atoms with Crippen molar-refractivity contribution in [3.8, 4) is 0 Å². The molecule has 0 bridgehead atoms. The topological polar surface area (TPSA) is 83.6 Å². The quantitative estimate of drug-likeness (QED) is 0.664. The standard InChI is InChI=1S/C23H20N2O4S/c26-21(15-16-25-23(27)19-13-7-8-14-20(19)30(25,28)29)24-22(17-9-3-1-4-10-17)18-11-5-2-6-12-18/h1-14,22H,15-16H2,(H,24,26). The second-order valence-corrected chi connectivity index (χ2v) is 8.78. The molecule has 0 saturated carbocycles. The molecule has 2 amide bonds. The maximum absolute atomic E-state index is 12.7. The van der Waals surface area contributed by atoms with Crippen molar-refractivity contribution in [1.82, 2.24) is 9.62 Å². The molecule has 0 radical (unpaired) electrons. The van der Waals surface area contributed by atoms with E-state index in [0.29, 0.717) is 0 Å². The molecule has 0 aliphatic carbocycles. The Kier molecular flexibility index (Phi) is 5.37. The molecule has 0 aromatic heterocycles. The molecule has 1 aliphatic rings. The number of carbonyl (C=O) groups excluding carboxylic acids is 2. The Hall–Kier alpha value is -3.45. The van der Waals surface area contributed by atoms with E-state index in [4.69, 9.17) is 0 Å². The normalized spacial score (nSPS) is 14.6. The highest BCUT2D eigenvalue weighted by atomic mass is 32.2. The van der Waals surface area contributed by atoms with E-state index >= 15 is 0 Å². The fraction of sp³-hybridized carbons (Fsp3) is 0.130. The average Bonchev–Trinajstić information content (AvgIpc) is 2.97. The first-order valence-corrected chi connectivity index (χ1v) is 11.0. The molecule has 4 rings (SSSR count). The molecule has 0 atom stereocenters. The fourth-order valence-electron chi connectivity index (χ4n) is 3.54. The van der Waals surface area contributed by atoms with E-state index in [1.54, 1.807) is 12.1 Å². The summed E-state index contributed by atoms with van der Waals surface area (Å²) in [5, 5.41) is 2.97. The van der Waals surface area contributed by atoms with Gasteiger partial charge in [-0.2, -0.15) is 0 Å². The third-order valence-corrected chi connectivity index (χ3v) is 6.87. The molecule has 3 aromatic rings. The van der Waals surface area contributed by atoms with E-state index in [1.165, 1.54) is 12.1 Å². The fourth-order valence-corrected chi connectivity index (χ4v) is 5.11. The van der Waals surface area contributed by atoms with Gasteiger partial charge in [-0.05, 0) is 23.3 Å². The highest BCUT2D eigenvalue weighted by molar-refractivity contribution is 7.90. The van der Waals surface area contributed by atoms with E-state index in [-0.39, 0.29) is 35.4 Å². The lowest BCUT2D eigenvalue weighted by atomic mass is 9.98. The molecule has 0 unspecified atom stereocenters. The Balaban J connectivity index is 1.49. The van der Waals surface area contributed by atoms with Crippen molar-refractivity contribution in [2.75, 3.05) is 6.54 Å². The summed E-state index contributed by atoms with van der Waals surface area (Å²) in [7, 11) is -3.92. The zero-order valence-electron chi connectivity index (χ0n) is 16.1. The van der Waals surface area contributed by atoms with Crippen LogP contribution in [-0.4, -0.2) is 31.1 Å². The summed E-state index contributed by atoms with van der Waals surface area (Å²) >= 11 is 0. The number of amides is 2. The first-order valence-electron chi connectivity index (χ1n) is 9.54. The monoisotopic (exact) mass is 420 g/mol. The van der Waals surface area contributed by atoms with Crippen molar-refractivity contribution in [1.29, 1.82) is 0 Å². The van der Waals surface area contributed by atoms with Gasteiger partial charge in [-0.25, -0.2) is 12.7 Å². The molecule has 0 spiro atoms. The molecule has 1 N–H and O–H groups in total. The molecule has 1 heterocycles. The number of nitrogens with zero attached hydrogens (tertiary/aromatic N) is 1. The van der Waals surface area contributed by atoms with Crippen LogP contribution >= 0.6 is 0 Å². The highest BCUT2D eigenvalue weighted by Gasteiger charge is 2.40. The van der Waals surface area contributed by atoms with Crippen LogP contribution in [-0.2, 0) is 14.8 Å². The minimum absolute atomic E-state index is 0.0122. The van der Waals surface area contributed by atoms with Gasteiger partial charge < -0.3 is 5.32 Å². The summed E-state index contributed by atoms with van der Waals surface area (Å²) in [6, 6.07) is 24.8. The van der Waals surface area contributed by atoms with Crippen LogP contribution in [0.2, 0.25) is 0 Å². The van der Waals surface area contributed by atoms with Gasteiger partial charge >= 0.3 is 0 Å². The zero-order valence-corrected chi connectivity index (χ0v) is 16.9. The second kappa shape index (κ2) is 8.12. The molecule has 0 fully saturated rings. The largest absolute Gasteiger partial charge is 0.345 e. The maximum atomic E-state index is 12.7. The summed E-state index contributed by atoms with van der Waals surface area (Å²) in [5.74, 6) is -0.937. The van der Waals surface area contributed by atoms with Crippen LogP contribution in [0.5, 0.6) is 0 Å². The summed E-state index contributed by atoms with van der Waals surface area (Å²) < 4.78 is 26.1. The van der Waals surface area contributed by atoms with Crippen LogP contribution < -0.4 is 5.32 Å². The smallest absolute Gasteiger partial charge is 0.269 e. The number of benzene rings is 3. The highest BCUT2D eigenvalue weighted by Crippen LogP contribution is 2.30. The Labute approximate surface area is 175 Å². The molecule has 7 heteroatoms. The van der Waals surface area contributed by atoms with Crippen molar-refractivity contribution in [2.24, 2.45) is 0 Å². The lowest BCUT2D eigenvalue weighted by Crippen LogP contribution is -2.36. The van der Waals surface area contributed by atoms with Crippen molar-refractivity contribution in [2.45, 2.75) is 17.4 Å².